The molecular formula is C16H18BrClN2. The summed E-state index contributed by atoms with van der Waals surface area (Å²) in [5, 5.41) is 0.753. The molecular weight excluding hydrogens is 336 g/mol. The summed E-state index contributed by atoms with van der Waals surface area (Å²) in [6.45, 7) is 1.37. The molecule has 0 saturated heterocycles. The second-order valence-electron chi connectivity index (χ2n) is 4.82. The lowest BCUT2D eigenvalue weighted by molar-refractivity contribution is 0.242. The van der Waals surface area contributed by atoms with Gasteiger partial charge >= 0.3 is 0 Å². The monoisotopic (exact) mass is 352 g/mol. The maximum absolute atomic E-state index is 6.31. The van der Waals surface area contributed by atoms with Crippen LogP contribution in [0.1, 0.15) is 17.2 Å². The molecule has 0 spiro atoms. The summed E-state index contributed by atoms with van der Waals surface area (Å²) in [6.07, 6.45) is 0. The Bertz CT molecular complexity index is 560. The van der Waals surface area contributed by atoms with Gasteiger partial charge in [-0.3, -0.25) is 4.90 Å². The van der Waals surface area contributed by atoms with Gasteiger partial charge in [0.05, 0.1) is 0 Å². The van der Waals surface area contributed by atoms with E-state index in [4.69, 9.17) is 17.3 Å². The average Bonchev–Trinajstić information content (AvgIpc) is 2.44. The lowest BCUT2D eigenvalue weighted by Gasteiger charge is -2.28. The zero-order valence-corrected chi connectivity index (χ0v) is 13.7. The van der Waals surface area contributed by atoms with Gasteiger partial charge in [-0.2, -0.15) is 0 Å². The SMILES string of the molecule is CN(Cc1ccccc1)C(CN)c1cc(Br)ccc1Cl. The van der Waals surface area contributed by atoms with Gasteiger partial charge in [0.25, 0.3) is 0 Å². The molecule has 2 rings (SSSR count). The van der Waals surface area contributed by atoms with Crippen molar-refractivity contribution in [3.8, 4) is 0 Å². The zero-order valence-electron chi connectivity index (χ0n) is 11.4. The van der Waals surface area contributed by atoms with Gasteiger partial charge in [0.1, 0.15) is 0 Å². The summed E-state index contributed by atoms with van der Waals surface area (Å²) in [5.41, 5.74) is 8.28. The van der Waals surface area contributed by atoms with Gasteiger partial charge in [-0.05, 0) is 36.4 Å². The molecule has 0 fully saturated rings. The molecule has 2 aromatic carbocycles. The number of nitrogens with zero attached hydrogens (tertiary/aromatic N) is 1. The van der Waals surface area contributed by atoms with Crippen molar-refractivity contribution in [2.24, 2.45) is 5.73 Å². The van der Waals surface area contributed by atoms with E-state index in [0.717, 1.165) is 21.6 Å². The Balaban J connectivity index is 2.21. The molecule has 106 valence electrons. The minimum atomic E-state index is 0.0974. The number of hydrogen-bond donors (Lipinski definition) is 1. The second kappa shape index (κ2) is 7.23. The standard InChI is InChI=1S/C16H18BrClN2/c1-20(11-12-5-3-2-4-6-12)16(10-19)14-9-13(17)7-8-15(14)18/h2-9,16H,10-11,19H2,1H3. The fourth-order valence-corrected chi connectivity index (χ4v) is 2.92. The third-order valence-corrected chi connectivity index (χ3v) is 4.18. The molecule has 2 aromatic rings. The van der Waals surface area contributed by atoms with Gasteiger partial charge in [-0.25, -0.2) is 0 Å². The third kappa shape index (κ3) is 3.83. The molecule has 2 nitrogen and oxygen atoms in total. The third-order valence-electron chi connectivity index (χ3n) is 3.35. The van der Waals surface area contributed by atoms with Crippen LogP contribution in [-0.4, -0.2) is 18.5 Å². The van der Waals surface area contributed by atoms with E-state index in [1.807, 2.05) is 36.4 Å². The lowest BCUT2D eigenvalue weighted by Crippen LogP contribution is -2.30. The zero-order chi connectivity index (χ0) is 14.5. The maximum Gasteiger partial charge on any atom is 0.0486 e. The van der Waals surface area contributed by atoms with Crippen LogP contribution in [0.5, 0.6) is 0 Å². The van der Waals surface area contributed by atoms with E-state index in [0.29, 0.717) is 6.54 Å². The molecule has 0 bridgehead atoms. The van der Waals surface area contributed by atoms with E-state index in [1.54, 1.807) is 0 Å². The molecule has 0 aliphatic carbocycles. The number of hydrogen-bond acceptors (Lipinski definition) is 2. The molecule has 20 heavy (non-hydrogen) atoms. The van der Waals surface area contributed by atoms with E-state index in [9.17, 15) is 0 Å². The Morgan fingerprint density at radius 3 is 2.55 bits per heavy atom. The van der Waals surface area contributed by atoms with Gasteiger partial charge in [-0.1, -0.05) is 57.9 Å². The van der Waals surface area contributed by atoms with Crippen molar-refractivity contribution in [2.45, 2.75) is 12.6 Å². The highest BCUT2D eigenvalue weighted by Crippen LogP contribution is 2.29. The fraction of sp³-hybridized carbons (Fsp3) is 0.250. The molecule has 1 unspecified atom stereocenters. The van der Waals surface area contributed by atoms with Crippen LogP contribution in [0.4, 0.5) is 0 Å². The van der Waals surface area contributed by atoms with Crippen LogP contribution in [0, 0.1) is 0 Å². The normalized spacial score (nSPS) is 12.7. The van der Waals surface area contributed by atoms with Crippen LogP contribution in [0.25, 0.3) is 0 Å². The molecule has 0 amide bonds. The van der Waals surface area contributed by atoms with Gasteiger partial charge in [0.2, 0.25) is 0 Å². The first-order chi connectivity index (χ1) is 9.61. The summed E-state index contributed by atoms with van der Waals surface area (Å²) in [4.78, 5) is 2.23. The number of halogens is 2. The molecule has 1 atom stereocenters. The summed E-state index contributed by atoms with van der Waals surface area (Å²) in [5.74, 6) is 0. The number of benzene rings is 2. The van der Waals surface area contributed by atoms with Gasteiger partial charge in [0, 0.05) is 28.6 Å². The molecule has 0 aliphatic heterocycles. The van der Waals surface area contributed by atoms with E-state index < -0.39 is 0 Å². The first-order valence-corrected chi connectivity index (χ1v) is 7.68. The predicted octanol–water partition coefficient (Wildman–Crippen LogP) is 4.23. The highest BCUT2D eigenvalue weighted by molar-refractivity contribution is 9.10. The Labute approximate surface area is 133 Å². The summed E-state index contributed by atoms with van der Waals surface area (Å²) < 4.78 is 1.02. The van der Waals surface area contributed by atoms with Crippen LogP contribution in [0.2, 0.25) is 5.02 Å². The molecule has 4 heteroatoms. The Morgan fingerprint density at radius 2 is 1.90 bits per heavy atom. The summed E-state index contributed by atoms with van der Waals surface area (Å²) in [6, 6.07) is 16.3. The Kier molecular flexibility index (Phi) is 5.61. The van der Waals surface area contributed by atoms with Crippen molar-refractivity contribution < 1.29 is 0 Å². The van der Waals surface area contributed by atoms with Crippen molar-refractivity contribution in [1.29, 1.82) is 0 Å². The van der Waals surface area contributed by atoms with Gasteiger partial charge in [-0.15, -0.1) is 0 Å². The van der Waals surface area contributed by atoms with Crippen molar-refractivity contribution in [1.82, 2.24) is 4.90 Å². The van der Waals surface area contributed by atoms with E-state index in [2.05, 4.69) is 40.0 Å². The molecule has 0 aromatic heterocycles. The number of nitrogens with two attached hydrogens (primary N) is 1. The number of rotatable bonds is 5. The number of likely N-dealkylation sites (N-methyl/N-ethyl adjacent to an activating group) is 1. The second-order valence-corrected chi connectivity index (χ2v) is 6.14. The fourth-order valence-electron chi connectivity index (χ4n) is 2.30. The summed E-state index contributed by atoms with van der Waals surface area (Å²) in [7, 11) is 2.07. The van der Waals surface area contributed by atoms with Crippen LogP contribution >= 0.6 is 27.5 Å². The van der Waals surface area contributed by atoms with E-state index in [-0.39, 0.29) is 6.04 Å². The predicted molar refractivity (Wildman–Crippen MR) is 88.9 cm³/mol. The first-order valence-electron chi connectivity index (χ1n) is 6.51. The van der Waals surface area contributed by atoms with E-state index >= 15 is 0 Å². The van der Waals surface area contributed by atoms with Crippen molar-refractivity contribution >= 4 is 27.5 Å². The van der Waals surface area contributed by atoms with Crippen LogP contribution < -0.4 is 5.73 Å². The molecule has 0 radical (unpaired) electrons. The largest absolute Gasteiger partial charge is 0.329 e. The summed E-state index contributed by atoms with van der Waals surface area (Å²) >= 11 is 9.81. The minimum absolute atomic E-state index is 0.0974. The first kappa shape index (κ1) is 15.5. The molecule has 2 N–H and O–H groups in total. The average molecular weight is 354 g/mol. The topological polar surface area (TPSA) is 29.3 Å². The van der Waals surface area contributed by atoms with Crippen LogP contribution in [0.3, 0.4) is 0 Å². The highest BCUT2D eigenvalue weighted by Gasteiger charge is 2.18. The van der Waals surface area contributed by atoms with Crippen molar-refractivity contribution in [3.05, 3.63) is 69.2 Å². The van der Waals surface area contributed by atoms with Crippen LogP contribution in [0.15, 0.2) is 53.0 Å². The van der Waals surface area contributed by atoms with Crippen LogP contribution in [-0.2, 0) is 6.54 Å². The Hall–Kier alpha value is -0.870. The van der Waals surface area contributed by atoms with Crippen molar-refractivity contribution in [2.75, 3.05) is 13.6 Å². The molecule has 0 heterocycles. The highest BCUT2D eigenvalue weighted by atomic mass is 79.9. The van der Waals surface area contributed by atoms with Crippen molar-refractivity contribution in [3.63, 3.8) is 0 Å². The molecule has 0 aliphatic rings. The Morgan fingerprint density at radius 1 is 1.20 bits per heavy atom. The molecule has 0 saturated carbocycles. The maximum atomic E-state index is 6.31. The lowest BCUT2D eigenvalue weighted by atomic mass is 10.0. The van der Waals surface area contributed by atoms with Gasteiger partial charge < -0.3 is 5.73 Å². The minimum Gasteiger partial charge on any atom is -0.329 e. The van der Waals surface area contributed by atoms with E-state index in [1.165, 1.54) is 5.56 Å². The smallest absolute Gasteiger partial charge is 0.0486 e. The van der Waals surface area contributed by atoms with Gasteiger partial charge in [0.15, 0.2) is 0 Å². The quantitative estimate of drug-likeness (QED) is 0.871.